The summed E-state index contributed by atoms with van der Waals surface area (Å²) in [7, 11) is 0. The number of hydrogen-bond donors (Lipinski definition) is 0. The molecule has 0 N–H and O–H groups in total. The summed E-state index contributed by atoms with van der Waals surface area (Å²) in [6.07, 6.45) is 1.80. The second kappa shape index (κ2) is 6.13. The Morgan fingerprint density at radius 1 is 1.12 bits per heavy atom. The second-order valence-electron chi connectivity index (χ2n) is 5.40. The third-order valence-electron chi connectivity index (χ3n) is 3.86. The fourth-order valence-electron chi connectivity index (χ4n) is 2.70. The standard InChI is InChI=1S/C18H14BrN3O2/c19-13-6-7-17-16(12-13)21(10-11-24-17)18(23)15-8-9-22(20-15)14-4-2-1-3-5-14/h1-9,12H,10-11H2. The van der Waals surface area contributed by atoms with Gasteiger partial charge in [0.05, 0.1) is 17.9 Å². The molecule has 1 aliphatic rings. The van der Waals surface area contributed by atoms with Crippen molar-refractivity contribution < 1.29 is 9.53 Å². The van der Waals surface area contributed by atoms with Crippen LogP contribution in [0.5, 0.6) is 5.75 Å². The third-order valence-corrected chi connectivity index (χ3v) is 4.35. The zero-order valence-corrected chi connectivity index (χ0v) is 14.3. The molecule has 1 amide bonds. The lowest BCUT2D eigenvalue weighted by Crippen LogP contribution is -2.38. The minimum Gasteiger partial charge on any atom is -0.490 e. The predicted molar refractivity (Wildman–Crippen MR) is 94.9 cm³/mol. The Morgan fingerprint density at radius 2 is 1.96 bits per heavy atom. The van der Waals surface area contributed by atoms with Crippen molar-refractivity contribution in [2.75, 3.05) is 18.1 Å². The highest BCUT2D eigenvalue weighted by atomic mass is 79.9. The number of anilines is 1. The highest BCUT2D eigenvalue weighted by Gasteiger charge is 2.26. The molecule has 0 bridgehead atoms. The molecule has 0 atom stereocenters. The molecule has 0 aliphatic carbocycles. The van der Waals surface area contributed by atoms with Gasteiger partial charge in [-0.05, 0) is 36.4 Å². The van der Waals surface area contributed by atoms with Crippen LogP contribution >= 0.6 is 15.9 Å². The lowest BCUT2D eigenvalue weighted by Gasteiger charge is -2.29. The van der Waals surface area contributed by atoms with Crippen LogP contribution in [0.3, 0.4) is 0 Å². The molecule has 24 heavy (non-hydrogen) atoms. The molecular formula is C18H14BrN3O2. The summed E-state index contributed by atoms with van der Waals surface area (Å²) in [5, 5.41) is 4.42. The summed E-state index contributed by atoms with van der Waals surface area (Å²) < 4.78 is 8.23. The van der Waals surface area contributed by atoms with E-state index in [1.807, 2.05) is 48.5 Å². The van der Waals surface area contributed by atoms with Crippen LogP contribution in [-0.4, -0.2) is 28.8 Å². The van der Waals surface area contributed by atoms with Crippen LogP contribution in [0, 0.1) is 0 Å². The number of amides is 1. The molecule has 0 fully saturated rings. The quantitative estimate of drug-likeness (QED) is 0.678. The summed E-state index contributed by atoms with van der Waals surface area (Å²) in [5.41, 5.74) is 2.09. The number of rotatable bonds is 2. The molecule has 3 aromatic rings. The minimum absolute atomic E-state index is 0.132. The maximum atomic E-state index is 12.9. The second-order valence-corrected chi connectivity index (χ2v) is 6.31. The van der Waals surface area contributed by atoms with Crippen LogP contribution < -0.4 is 9.64 Å². The van der Waals surface area contributed by atoms with Gasteiger partial charge in [-0.1, -0.05) is 34.1 Å². The number of nitrogens with zero attached hydrogens (tertiary/aromatic N) is 3. The van der Waals surface area contributed by atoms with Gasteiger partial charge in [0.1, 0.15) is 12.4 Å². The average Bonchev–Trinajstić information content (AvgIpc) is 3.11. The van der Waals surface area contributed by atoms with Gasteiger partial charge in [-0.25, -0.2) is 4.68 Å². The average molecular weight is 384 g/mol. The van der Waals surface area contributed by atoms with Crippen LogP contribution in [0.25, 0.3) is 5.69 Å². The maximum absolute atomic E-state index is 12.9. The molecule has 4 rings (SSSR count). The molecule has 2 aromatic carbocycles. The summed E-state index contributed by atoms with van der Waals surface area (Å²) >= 11 is 3.44. The number of fused-ring (bicyclic) bond motifs is 1. The van der Waals surface area contributed by atoms with Crippen LogP contribution in [0.2, 0.25) is 0 Å². The van der Waals surface area contributed by atoms with Gasteiger partial charge in [-0.2, -0.15) is 5.10 Å². The summed E-state index contributed by atoms with van der Waals surface area (Å²) in [6, 6.07) is 17.1. The Balaban J connectivity index is 1.66. The monoisotopic (exact) mass is 383 g/mol. The zero-order chi connectivity index (χ0) is 16.5. The van der Waals surface area contributed by atoms with Gasteiger partial charge in [0.25, 0.3) is 5.91 Å². The molecule has 6 heteroatoms. The number of hydrogen-bond acceptors (Lipinski definition) is 3. The number of para-hydroxylation sites is 1. The Labute approximate surface area is 147 Å². The molecule has 2 heterocycles. The third kappa shape index (κ3) is 2.69. The first-order valence-corrected chi connectivity index (χ1v) is 8.37. The summed E-state index contributed by atoms with van der Waals surface area (Å²) in [5.74, 6) is 0.577. The van der Waals surface area contributed by atoms with Crippen LogP contribution in [0.4, 0.5) is 5.69 Å². The first-order valence-electron chi connectivity index (χ1n) is 7.58. The van der Waals surface area contributed by atoms with Gasteiger partial charge in [0, 0.05) is 10.7 Å². The summed E-state index contributed by atoms with van der Waals surface area (Å²) in [4.78, 5) is 14.6. The number of carbonyl (C=O) groups excluding carboxylic acids is 1. The fraction of sp³-hybridized carbons (Fsp3) is 0.111. The van der Waals surface area contributed by atoms with E-state index in [-0.39, 0.29) is 5.91 Å². The Kier molecular flexibility index (Phi) is 3.82. The van der Waals surface area contributed by atoms with Gasteiger partial charge in [-0.3, -0.25) is 4.79 Å². The van der Waals surface area contributed by atoms with E-state index >= 15 is 0 Å². The van der Waals surface area contributed by atoms with Crippen molar-refractivity contribution in [2.45, 2.75) is 0 Å². The fourth-order valence-corrected chi connectivity index (χ4v) is 3.05. The van der Waals surface area contributed by atoms with E-state index in [2.05, 4.69) is 21.0 Å². The Hall–Kier alpha value is -2.60. The molecule has 0 saturated carbocycles. The normalized spacial score (nSPS) is 13.3. The van der Waals surface area contributed by atoms with E-state index in [0.29, 0.717) is 24.6 Å². The maximum Gasteiger partial charge on any atom is 0.279 e. The van der Waals surface area contributed by atoms with Crippen molar-refractivity contribution in [3.63, 3.8) is 0 Å². The van der Waals surface area contributed by atoms with Gasteiger partial charge in [0.2, 0.25) is 0 Å². The van der Waals surface area contributed by atoms with Crippen molar-refractivity contribution in [2.24, 2.45) is 0 Å². The molecule has 5 nitrogen and oxygen atoms in total. The molecule has 0 radical (unpaired) electrons. The molecule has 1 aliphatic heterocycles. The van der Waals surface area contributed by atoms with Crippen molar-refractivity contribution >= 4 is 27.5 Å². The molecule has 1 aromatic heterocycles. The molecule has 0 spiro atoms. The Bertz CT molecular complexity index is 892. The molecule has 0 saturated heterocycles. The predicted octanol–water partition coefficient (Wildman–Crippen LogP) is 3.67. The van der Waals surface area contributed by atoms with Gasteiger partial charge in [0.15, 0.2) is 5.69 Å². The molecule has 120 valence electrons. The van der Waals surface area contributed by atoms with E-state index < -0.39 is 0 Å². The van der Waals surface area contributed by atoms with E-state index in [0.717, 1.165) is 15.8 Å². The van der Waals surface area contributed by atoms with Gasteiger partial charge >= 0.3 is 0 Å². The van der Waals surface area contributed by atoms with E-state index in [4.69, 9.17) is 4.74 Å². The SMILES string of the molecule is O=C(c1ccn(-c2ccccc2)n1)N1CCOc2ccc(Br)cc21. The number of ether oxygens (including phenoxy) is 1. The largest absolute Gasteiger partial charge is 0.490 e. The summed E-state index contributed by atoms with van der Waals surface area (Å²) in [6.45, 7) is 0.972. The topological polar surface area (TPSA) is 47.4 Å². The lowest BCUT2D eigenvalue weighted by atomic mass is 10.2. The van der Waals surface area contributed by atoms with Crippen molar-refractivity contribution in [3.05, 3.63) is 71.0 Å². The van der Waals surface area contributed by atoms with Crippen LogP contribution in [-0.2, 0) is 0 Å². The van der Waals surface area contributed by atoms with E-state index in [1.165, 1.54) is 0 Å². The van der Waals surface area contributed by atoms with Gasteiger partial charge < -0.3 is 9.64 Å². The van der Waals surface area contributed by atoms with E-state index in [1.54, 1.807) is 21.8 Å². The Morgan fingerprint density at radius 3 is 2.79 bits per heavy atom. The first kappa shape index (κ1) is 15.0. The number of benzene rings is 2. The molecule has 0 unspecified atom stereocenters. The zero-order valence-electron chi connectivity index (χ0n) is 12.7. The number of aromatic nitrogens is 2. The van der Waals surface area contributed by atoms with Gasteiger partial charge in [-0.15, -0.1) is 0 Å². The van der Waals surface area contributed by atoms with Crippen molar-refractivity contribution in [1.82, 2.24) is 9.78 Å². The molecular weight excluding hydrogens is 370 g/mol. The van der Waals surface area contributed by atoms with Crippen molar-refractivity contribution in [3.8, 4) is 11.4 Å². The lowest BCUT2D eigenvalue weighted by molar-refractivity contribution is 0.0971. The first-order chi connectivity index (χ1) is 11.7. The highest BCUT2D eigenvalue weighted by molar-refractivity contribution is 9.10. The van der Waals surface area contributed by atoms with Crippen molar-refractivity contribution in [1.29, 1.82) is 0 Å². The number of halogens is 1. The van der Waals surface area contributed by atoms with Crippen LogP contribution in [0.15, 0.2) is 65.3 Å². The highest BCUT2D eigenvalue weighted by Crippen LogP contribution is 2.34. The minimum atomic E-state index is -0.132. The van der Waals surface area contributed by atoms with E-state index in [9.17, 15) is 4.79 Å². The smallest absolute Gasteiger partial charge is 0.279 e. The number of carbonyl (C=O) groups is 1. The van der Waals surface area contributed by atoms with Crippen LogP contribution in [0.1, 0.15) is 10.5 Å².